The second kappa shape index (κ2) is 5.13. The van der Waals surface area contributed by atoms with Crippen LogP contribution in [-0.2, 0) is 4.79 Å². The van der Waals surface area contributed by atoms with E-state index in [0.717, 1.165) is 11.4 Å². The minimum atomic E-state index is -1.02. The molecule has 0 saturated carbocycles. The van der Waals surface area contributed by atoms with Gasteiger partial charge in [0, 0.05) is 0 Å². The summed E-state index contributed by atoms with van der Waals surface area (Å²) in [7, 11) is 0. The molecule has 0 saturated heterocycles. The van der Waals surface area contributed by atoms with Gasteiger partial charge in [0.05, 0.1) is 24.1 Å². The van der Waals surface area contributed by atoms with Crippen molar-refractivity contribution in [3.63, 3.8) is 0 Å². The van der Waals surface area contributed by atoms with E-state index in [2.05, 4.69) is 4.98 Å². The number of ether oxygens (including phenoxy) is 1. The maximum atomic E-state index is 11.2. The van der Waals surface area contributed by atoms with Crippen molar-refractivity contribution in [3.05, 3.63) is 48.3 Å². The highest BCUT2D eigenvalue weighted by atomic mass is 16.5. The Bertz CT molecular complexity index is 722. The van der Waals surface area contributed by atoms with E-state index in [9.17, 15) is 9.90 Å². The number of anilines is 2. The number of aromatic nitrogens is 1. The van der Waals surface area contributed by atoms with Gasteiger partial charge in [-0.25, -0.2) is 9.78 Å². The van der Waals surface area contributed by atoms with Gasteiger partial charge in [-0.2, -0.15) is 5.26 Å². The van der Waals surface area contributed by atoms with Crippen LogP contribution >= 0.6 is 0 Å². The van der Waals surface area contributed by atoms with Crippen molar-refractivity contribution in [2.24, 2.45) is 0 Å². The van der Waals surface area contributed by atoms with Crippen molar-refractivity contribution in [2.75, 3.05) is 11.4 Å². The third-order valence-electron chi connectivity index (χ3n) is 3.22. The van der Waals surface area contributed by atoms with Crippen LogP contribution in [0, 0.1) is 11.3 Å². The summed E-state index contributed by atoms with van der Waals surface area (Å²) in [5.41, 5.74) is 1.81. The smallest absolute Gasteiger partial charge is 0.346 e. The monoisotopic (exact) mass is 281 g/mol. The first kappa shape index (κ1) is 12.9. The minimum Gasteiger partial charge on any atom is -0.478 e. The first-order chi connectivity index (χ1) is 10.2. The summed E-state index contributed by atoms with van der Waals surface area (Å²) >= 11 is 0. The number of nitriles is 1. The van der Waals surface area contributed by atoms with Gasteiger partial charge in [-0.15, -0.1) is 0 Å². The molecule has 1 N–H and O–H groups in total. The molecule has 0 spiro atoms. The molecule has 104 valence electrons. The molecular formula is C15H11N3O3. The average molecular weight is 281 g/mol. The highest BCUT2D eigenvalue weighted by Gasteiger charge is 2.31. The van der Waals surface area contributed by atoms with Gasteiger partial charge in [0.15, 0.2) is 0 Å². The number of carboxylic acid groups (broad SMARTS) is 1. The van der Waals surface area contributed by atoms with Gasteiger partial charge >= 0.3 is 5.97 Å². The number of pyridine rings is 1. The third kappa shape index (κ3) is 2.37. The number of benzene rings is 1. The molecule has 1 aromatic heterocycles. The molecule has 6 heteroatoms. The van der Waals surface area contributed by atoms with Crippen LogP contribution in [0.5, 0.6) is 5.75 Å². The molecule has 2 aromatic rings. The molecule has 0 radical (unpaired) electrons. The lowest BCUT2D eigenvalue weighted by Gasteiger charge is -2.34. The van der Waals surface area contributed by atoms with Crippen LogP contribution < -0.4 is 9.64 Å². The third-order valence-corrected chi connectivity index (χ3v) is 3.22. The molecule has 0 bridgehead atoms. The van der Waals surface area contributed by atoms with Crippen LogP contribution in [0.2, 0.25) is 0 Å². The van der Waals surface area contributed by atoms with E-state index < -0.39 is 12.1 Å². The number of hydrogen-bond acceptors (Lipinski definition) is 5. The van der Waals surface area contributed by atoms with Gasteiger partial charge in [0.2, 0.25) is 6.10 Å². The Hall–Kier alpha value is -3.07. The van der Waals surface area contributed by atoms with Crippen LogP contribution in [0.1, 0.15) is 5.69 Å². The molecule has 3 rings (SSSR count). The Kier molecular flexibility index (Phi) is 3.16. The predicted molar refractivity (Wildman–Crippen MR) is 74.5 cm³/mol. The Labute approximate surface area is 120 Å². The predicted octanol–water partition coefficient (Wildman–Crippen LogP) is 1.94. The molecule has 1 atom stereocenters. The van der Waals surface area contributed by atoms with Crippen molar-refractivity contribution >= 4 is 17.3 Å². The van der Waals surface area contributed by atoms with E-state index in [1.54, 1.807) is 30.5 Å². The molecule has 1 aliphatic heterocycles. The number of nitrogens with zero attached hydrogens (tertiary/aromatic N) is 3. The summed E-state index contributed by atoms with van der Waals surface area (Å²) in [6.45, 7) is 0.180. The van der Waals surface area contributed by atoms with Gasteiger partial charge in [-0.1, -0.05) is 12.1 Å². The van der Waals surface area contributed by atoms with Gasteiger partial charge in [0.25, 0.3) is 0 Å². The molecular weight excluding hydrogens is 270 g/mol. The van der Waals surface area contributed by atoms with E-state index in [-0.39, 0.29) is 6.54 Å². The Morgan fingerprint density at radius 1 is 1.38 bits per heavy atom. The van der Waals surface area contributed by atoms with Crippen molar-refractivity contribution < 1.29 is 14.6 Å². The summed E-state index contributed by atoms with van der Waals surface area (Å²) in [4.78, 5) is 17.1. The van der Waals surface area contributed by atoms with Crippen LogP contribution in [0.3, 0.4) is 0 Å². The van der Waals surface area contributed by atoms with Gasteiger partial charge in [0.1, 0.15) is 17.5 Å². The fourth-order valence-corrected chi connectivity index (χ4v) is 2.22. The zero-order valence-corrected chi connectivity index (χ0v) is 10.9. The highest BCUT2D eigenvalue weighted by Crippen LogP contribution is 2.37. The first-order valence-electron chi connectivity index (χ1n) is 6.31. The Morgan fingerprint density at radius 2 is 2.19 bits per heavy atom. The van der Waals surface area contributed by atoms with E-state index in [1.165, 1.54) is 0 Å². The van der Waals surface area contributed by atoms with Gasteiger partial charge in [-0.05, 0) is 24.3 Å². The maximum absolute atomic E-state index is 11.2. The summed E-state index contributed by atoms with van der Waals surface area (Å²) in [5.74, 6) is -0.503. The van der Waals surface area contributed by atoms with E-state index >= 15 is 0 Å². The SMILES string of the molecule is N#Cc1ccc(N2CC(C(=O)O)Oc3ccccc32)cn1. The summed E-state index contributed by atoms with van der Waals surface area (Å²) in [6, 6.07) is 12.5. The van der Waals surface area contributed by atoms with Gasteiger partial charge < -0.3 is 14.7 Å². The minimum absolute atomic E-state index is 0.180. The second-order valence-corrected chi connectivity index (χ2v) is 4.54. The van der Waals surface area contributed by atoms with E-state index in [0.29, 0.717) is 11.4 Å². The van der Waals surface area contributed by atoms with Crippen molar-refractivity contribution in [2.45, 2.75) is 6.10 Å². The molecule has 1 aromatic carbocycles. The number of rotatable bonds is 2. The average Bonchev–Trinajstić information content (AvgIpc) is 2.54. The van der Waals surface area contributed by atoms with Crippen molar-refractivity contribution in [1.82, 2.24) is 4.98 Å². The second-order valence-electron chi connectivity index (χ2n) is 4.54. The maximum Gasteiger partial charge on any atom is 0.346 e. The van der Waals surface area contributed by atoms with Gasteiger partial charge in [-0.3, -0.25) is 0 Å². The lowest BCUT2D eigenvalue weighted by Crippen LogP contribution is -2.42. The molecule has 0 fully saturated rings. The quantitative estimate of drug-likeness (QED) is 0.905. The largest absolute Gasteiger partial charge is 0.478 e. The van der Waals surface area contributed by atoms with Crippen LogP contribution in [0.4, 0.5) is 11.4 Å². The fourth-order valence-electron chi connectivity index (χ4n) is 2.22. The van der Waals surface area contributed by atoms with Crippen LogP contribution in [-0.4, -0.2) is 28.7 Å². The topological polar surface area (TPSA) is 86.5 Å². The Balaban J connectivity index is 2.03. The number of carbonyl (C=O) groups is 1. The van der Waals surface area contributed by atoms with Crippen molar-refractivity contribution in [3.8, 4) is 11.8 Å². The number of hydrogen-bond donors (Lipinski definition) is 1. The molecule has 1 unspecified atom stereocenters. The van der Waals surface area contributed by atoms with E-state index in [4.69, 9.17) is 10.00 Å². The normalized spacial score (nSPS) is 16.5. The molecule has 1 aliphatic rings. The standard InChI is InChI=1S/C15H11N3O3/c16-7-10-5-6-11(8-17-10)18-9-14(15(19)20)21-13-4-2-1-3-12(13)18/h1-6,8,14H,9H2,(H,19,20). The highest BCUT2D eigenvalue weighted by molar-refractivity contribution is 5.79. The molecule has 6 nitrogen and oxygen atoms in total. The molecule has 0 amide bonds. The van der Waals surface area contributed by atoms with Crippen LogP contribution in [0.25, 0.3) is 0 Å². The lowest BCUT2D eigenvalue weighted by atomic mass is 10.1. The van der Waals surface area contributed by atoms with E-state index in [1.807, 2.05) is 23.1 Å². The number of carboxylic acids is 1. The molecule has 0 aliphatic carbocycles. The number of fused-ring (bicyclic) bond motifs is 1. The molecule has 2 heterocycles. The lowest BCUT2D eigenvalue weighted by molar-refractivity contribution is -0.144. The van der Waals surface area contributed by atoms with Crippen LogP contribution in [0.15, 0.2) is 42.6 Å². The number of para-hydroxylation sites is 2. The molecule has 21 heavy (non-hydrogen) atoms. The zero-order chi connectivity index (χ0) is 14.8. The number of aliphatic carboxylic acids is 1. The summed E-state index contributed by atoms with van der Waals surface area (Å²) in [5, 5.41) is 18.0. The fraction of sp³-hybridized carbons (Fsp3) is 0.133. The Morgan fingerprint density at radius 3 is 2.86 bits per heavy atom. The zero-order valence-electron chi connectivity index (χ0n) is 10.9. The van der Waals surface area contributed by atoms with Crippen molar-refractivity contribution in [1.29, 1.82) is 5.26 Å². The first-order valence-corrected chi connectivity index (χ1v) is 6.31. The summed E-state index contributed by atoms with van der Waals surface area (Å²) in [6.07, 6.45) is 0.607. The summed E-state index contributed by atoms with van der Waals surface area (Å²) < 4.78 is 5.48.